The number of hydrogen-bond donors (Lipinski definition) is 1. The fraction of sp³-hybridized carbons (Fsp3) is 0.750. The Morgan fingerprint density at radius 3 is 2.57 bits per heavy atom. The van der Waals surface area contributed by atoms with Crippen LogP contribution in [-0.2, 0) is 4.79 Å². The average Bonchev–Trinajstić information content (AvgIpc) is 2.17. The van der Waals surface area contributed by atoms with Crippen LogP contribution in [0.5, 0.6) is 0 Å². The molecule has 1 unspecified atom stereocenters. The smallest absolute Gasteiger partial charge is 0.149 e. The number of unbranched alkanes of at least 4 members (excludes halogenated alkanes) is 4. The van der Waals surface area contributed by atoms with E-state index in [0.29, 0.717) is 12.8 Å². The van der Waals surface area contributed by atoms with E-state index in [2.05, 4.69) is 13.5 Å². The second-order valence-electron chi connectivity index (χ2n) is 3.76. The van der Waals surface area contributed by atoms with Crippen molar-refractivity contribution in [1.29, 1.82) is 0 Å². The summed E-state index contributed by atoms with van der Waals surface area (Å²) < 4.78 is 0. The summed E-state index contributed by atoms with van der Waals surface area (Å²) in [5, 5.41) is 0. The van der Waals surface area contributed by atoms with Gasteiger partial charge in [0.05, 0.1) is 6.04 Å². The summed E-state index contributed by atoms with van der Waals surface area (Å²) in [6.45, 7) is 5.76. The first kappa shape index (κ1) is 13.4. The van der Waals surface area contributed by atoms with E-state index < -0.39 is 0 Å². The number of rotatable bonds is 9. The molecule has 0 heterocycles. The molecule has 0 aromatic heterocycles. The monoisotopic (exact) mass is 197 g/mol. The maximum Gasteiger partial charge on any atom is 0.149 e. The Kier molecular flexibility index (Phi) is 8.54. The fourth-order valence-electron chi connectivity index (χ4n) is 1.40. The molecular formula is C12H23NO. The number of hydrogen-bond acceptors (Lipinski definition) is 2. The summed E-state index contributed by atoms with van der Waals surface area (Å²) in [6, 6.07) is -0.321. The molecule has 0 radical (unpaired) electrons. The van der Waals surface area contributed by atoms with Crippen molar-refractivity contribution in [2.24, 2.45) is 5.73 Å². The molecule has 14 heavy (non-hydrogen) atoms. The zero-order valence-corrected chi connectivity index (χ0v) is 9.30. The minimum absolute atomic E-state index is 0.182. The lowest BCUT2D eigenvalue weighted by molar-refractivity contribution is -0.120. The summed E-state index contributed by atoms with van der Waals surface area (Å²) >= 11 is 0. The molecule has 0 fully saturated rings. The van der Waals surface area contributed by atoms with Gasteiger partial charge in [-0.05, 0) is 12.8 Å². The molecule has 0 saturated heterocycles. The van der Waals surface area contributed by atoms with E-state index >= 15 is 0 Å². The largest absolute Gasteiger partial charge is 0.321 e. The number of carbonyl (C=O) groups excluding carboxylic acids is 1. The maximum absolute atomic E-state index is 11.4. The van der Waals surface area contributed by atoms with Crippen molar-refractivity contribution >= 4 is 5.78 Å². The normalized spacial score (nSPS) is 12.4. The topological polar surface area (TPSA) is 43.1 Å². The molecule has 2 nitrogen and oxygen atoms in total. The molecule has 0 aliphatic heterocycles. The lowest BCUT2D eigenvalue weighted by atomic mass is 10.0. The van der Waals surface area contributed by atoms with Gasteiger partial charge in [0.1, 0.15) is 5.78 Å². The molecular weight excluding hydrogens is 174 g/mol. The Morgan fingerprint density at radius 2 is 2.00 bits per heavy atom. The standard InChI is InChI=1S/C12H23NO/c1-3-5-6-7-8-10-12(14)11(13)9-4-2/h4,11H,2-3,5-10,13H2,1H3. The van der Waals surface area contributed by atoms with Crippen LogP contribution in [0.4, 0.5) is 0 Å². The summed E-state index contributed by atoms with van der Waals surface area (Å²) in [4.78, 5) is 11.4. The first-order valence-corrected chi connectivity index (χ1v) is 5.61. The van der Waals surface area contributed by atoms with Crippen molar-refractivity contribution in [3.63, 3.8) is 0 Å². The third kappa shape index (κ3) is 6.84. The third-order valence-electron chi connectivity index (χ3n) is 2.36. The van der Waals surface area contributed by atoms with Gasteiger partial charge in [-0.1, -0.05) is 38.7 Å². The molecule has 0 rings (SSSR count). The Labute approximate surface area is 87.6 Å². The summed E-state index contributed by atoms with van der Waals surface area (Å²) in [7, 11) is 0. The van der Waals surface area contributed by atoms with Crippen molar-refractivity contribution in [3.8, 4) is 0 Å². The second kappa shape index (κ2) is 8.95. The molecule has 0 aromatic rings. The SMILES string of the molecule is C=CCC(N)C(=O)CCCCCCC. The predicted octanol–water partition coefficient (Wildman–Crippen LogP) is 2.82. The number of ketones is 1. The summed E-state index contributed by atoms with van der Waals surface area (Å²) in [6.07, 6.45) is 8.84. The zero-order valence-electron chi connectivity index (χ0n) is 9.30. The van der Waals surface area contributed by atoms with Crippen molar-refractivity contribution < 1.29 is 4.79 Å². The average molecular weight is 197 g/mol. The quantitative estimate of drug-likeness (QED) is 0.456. The highest BCUT2D eigenvalue weighted by Gasteiger charge is 2.10. The first-order valence-electron chi connectivity index (χ1n) is 5.61. The van der Waals surface area contributed by atoms with Gasteiger partial charge in [-0.15, -0.1) is 6.58 Å². The van der Waals surface area contributed by atoms with Crippen LogP contribution in [0.3, 0.4) is 0 Å². The molecule has 0 aliphatic carbocycles. The Bertz CT molecular complexity index is 166. The van der Waals surface area contributed by atoms with Gasteiger partial charge in [0.2, 0.25) is 0 Å². The second-order valence-corrected chi connectivity index (χ2v) is 3.76. The Balaban J connectivity index is 3.38. The summed E-state index contributed by atoms with van der Waals surface area (Å²) in [5.74, 6) is 0.182. The van der Waals surface area contributed by atoms with Crippen LogP contribution in [0, 0.1) is 0 Å². The first-order chi connectivity index (χ1) is 6.72. The molecule has 0 amide bonds. The van der Waals surface area contributed by atoms with Crippen molar-refractivity contribution in [2.75, 3.05) is 0 Å². The van der Waals surface area contributed by atoms with Crippen LogP contribution in [0.15, 0.2) is 12.7 Å². The van der Waals surface area contributed by atoms with Gasteiger partial charge in [0.15, 0.2) is 0 Å². The molecule has 2 heteroatoms. The lowest BCUT2D eigenvalue weighted by Crippen LogP contribution is -2.29. The van der Waals surface area contributed by atoms with Gasteiger partial charge in [0.25, 0.3) is 0 Å². The van der Waals surface area contributed by atoms with E-state index in [1.807, 2.05) is 0 Å². The molecule has 2 N–H and O–H groups in total. The minimum atomic E-state index is -0.321. The van der Waals surface area contributed by atoms with Crippen LogP contribution in [0.25, 0.3) is 0 Å². The molecule has 0 saturated carbocycles. The van der Waals surface area contributed by atoms with Crippen molar-refractivity contribution in [1.82, 2.24) is 0 Å². The van der Waals surface area contributed by atoms with Gasteiger partial charge >= 0.3 is 0 Å². The summed E-state index contributed by atoms with van der Waals surface area (Å²) in [5.41, 5.74) is 5.65. The van der Waals surface area contributed by atoms with E-state index in [-0.39, 0.29) is 11.8 Å². The predicted molar refractivity (Wildman–Crippen MR) is 61.2 cm³/mol. The molecule has 0 bridgehead atoms. The van der Waals surface area contributed by atoms with Gasteiger partial charge in [-0.2, -0.15) is 0 Å². The van der Waals surface area contributed by atoms with Crippen molar-refractivity contribution in [3.05, 3.63) is 12.7 Å². The van der Waals surface area contributed by atoms with Crippen molar-refractivity contribution in [2.45, 2.75) is 57.9 Å². The van der Waals surface area contributed by atoms with Gasteiger partial charge in [0, 0.05) is 6.42 Å². The molecule has 1 atom stereocenters. The fourth-order valence-corrected chi connectivity index (χ4v) is 1.40. The highest BCUT2D eigenvalue weighted by molar-refractivity contribution is 5.83. The number of Topliss-reactive ketones (excluding diaryl/α,β-unsaturated/α-hetero) is 1. The zero-order chi connectivity index (χ0) is 10.8. The van der Waals surface area contributed by atoms with Crippen LogP contribution < -0.4 is 5.73 Å². The third-order valence-corrected chi connectivity index (χ3v) is 2.36. The van der Waals surface area contributed by atoms with E-state index in [9.17, 15) is 4.79 Å². The molecule has 0 aliphatic rings. The van der Waals surface area contributed by atoms with Gasteiger partial charge < -0.3 is 5.73 Å². The minimum Gasteiger partial charge on any atom is -0.321 e. The van der Waals surface area contributed by atoms with Crippen LogP contribution in [0.1, 0.15) is 51.9 Å². The molecule has 82 valence electrons. The van der Waals surface area contributed by atoms with Crippen LogP contribution >= 0.6 is 0 Å². The van der Waals surface area contributed by atoms with E-state index in [0.717, 1.165) is 12.8 Å². The van der Waals surface area contributed by atoms with E-state index in [1.54, 1.807) is 6.08 Å². The molecule has 0 aromatic carbocycles. The van der Waals surface area contributed by atoms with E-state index in [1.165, 1.54) is 19.3 Å². The highest BCUT2D eigenvalue weighted by atomic mass is 16.1. The lowest BCUT2D eigenvalue weighted by Gasteiger charge is -2.07. The van der Waals surface area contributed by atoms with Crippen LogP contribution in [-0.4, -0.2) is 11.8 Å². The maximum atomic E-state index is 11.4. The Morgan fingerprint density at radius 1 is 1.36 bits per heavy atom. The van der Waals surface area contributed by atoms with Gasteiger partial charge in [-0.3, -0.25) is 4.79 Å². The number of carbonyl (C=O) groups is 1. The highest BCUT2D eigenvalue weighted by Crippen LogP contribution is 2.07. The molecule has 0 spiro atoms. The van der Waals surface area contributed by atoms with Gasteiger partial charge in [-0.25, -0.2) is 0 Å². The van der Waals surface area contributed by atoms with E-state index in [4.69, 9.17) is 5.73 Å². The van der Waals surface area contributed by atoms with Crippen LogP contribution in [0.2, 0.25) is 0 Å². The number of nitrogens with two attached hydrogens (primary N) is 1. The Hall–Kier alpha value is -0.630.